The molecule has 0 atom stereocenters. The average Bonchev–Trinajstić information content (AvgIpc) is 3.06. The number of thioether (sulfide) groups is 1. The third-order valence-electron chi connectivity index (χ3n) is 5.17. The molecular formula is C26H21NO4S2. The first-order valence-corrected chi connectivity index (χ1v) is 11.4. The maximum absolute atomic E-state index is 13.1. The Morgan fingerprint density at radius 1 is 1.09 bits per heavy atom. The van der Waals surface area contributed by atoms with Gasteiger partial charge in [0.2, 0.25) is 0 Å². The molecule has 5 nitrogen and oxygen atoms in total. The molecule has 1 heterocycles. The molecule has 1 N–H and O–H groups in total. The molecule has 3 aromatic rings. The van der Waals surface area contributed by atoms with Gasteiger partial charge in [0.05, 0.1) is 16.2 Å². The number of amides is 1. The van der Waals surface area contributed by atoms with Crippen molar-refractivity contribution >= 4 is 51.9 Å². The van der Waals surface area contributed by atoms with E-state index in [-0.39, 0.29) is 11.5 Å². The summed E-state index contributed by atoms with van der Waals surface area (Å²) >= 11 is 6.64. The second-order valence-electron chi connectivity index (χ2n) is 7.67. The van der Waals surface area contributed by atoms with Gasteiger partial charge in [-0.15, -0.1) is 0 Å². The van der Waals surface area contributed by atoms with Crippen LogP contribution in [0.25, 0.3) is 6.08 Å². The number of hydrogen-bond acceptors (Lipinski definition) is 5. The van der Waals surface area contributed by atoms with Gasteiger partial charge in [0.25, 0.3) is 5.91 Å². The summed E-state index contributed by atoms with van der Waals surface area (Å²) in [5, 5.41) is 9.31. The summed E-state index contributed by atoms with van der Waals surface area (Å²) in [4.78, 5) is 26.4. The average molecular weight is 476 g/mol. The third-order valence-corrected chi connectivity index (χ3v) is 6.47. The fraction of sp³-hybridized carbons (Fsp3) is 0.115. The smallest absolute Gasteiger partial charge is 0.335 e. The summed E-state index contributed by atoms with van der Waals surface area (Å²) in [5.74, 6) is -0.633. The Hall–Kier alpha value is -3.42. The third kappa shape index (κ3) is 5.16. The topological polar surface area (TPSA) is 66.8 Å². The number of thiocarbonyl (C=S) groups is 1. The number of aromatic carboxylic acids is 1. The number of benzene rings is 3. The molecule has 1 aliphatic rings. The van der Waals surface area contributed by atoms with E-state index >= 15 is 0 Å². The molecule has 0 radical (unpaired) electrons. The van der Waals surface area contributed by atoms with Crippen LogP contribution in [0.3, 0.4) is 0 Å². The highest BCUT2D eigenvalue weighted by molar-refractivity contribution is 8.27. The molecule has 4 rings (SSSR count). The van der Waals surface area contributed by atoms with E-state index in [0.717, 1.165) is 16.7 Å². The van der Waals surface area contributed by atoms with Crippen molar-refractivity contribution in [3.63, 3.8) is 0 Å². The minimum absolute atomic E-state index is 0.104. The highest BCUT2D eigenvalue weighted by Gasteiger charge is 2.34. The van der Waals surface area contributed by atoms with Gasteiger partial charge in [0, 0.05) is 0 Å². The number of ether oxygens (including phenoxy) is 1. The van der Waals surface area contributed by atoms with E-state index in [0.29, 0.717) is 27.3 Å². The van der Waals surface area contributed by atoms with Crippen molar-refractivity contribution in [3.05, 3.63) is 99.5 Å². The number of aryl methyl sites for hydroxylation is 2. The molecule has 1 saturated heterocycles. The van der Waals surface area contributed by atoms with Crippen LogP contribution in [-0.2, 0) is 11.4 Å². The molecule has 33 heavy (non-hydrogen) atoms. The Labute approximate surface area is 201 Å². The zero-order valence-electron chi connectivity index (χ0n) is 18.1. The van der Waals surface area contributed by atoms with Crippen molar-refractivity contribution in [2.75, 3.05) is 4.90 Å². The van der Waals surface area contributed by atoms with Crippen LogP contribution in [0.4, 0.5) is 5.69 Å². The molecule has 7 heteroatoms. The van der Waals surface area contributed by atoms with Crippen molar-refractivity contribution in [1.29, 1.82) is 0 Å². The van der Waals surface area contributed by atoms with Crippen molar-refractivity contribution in [2.24, 2.45) is 0 Å². The summed E-state index contributed by atoms with van der Waals surface area (Å²) < 4.78 is 6.28. The normalized spacial score (nSPS) is 14.7. The minimum Gasteiger partial charge on any atom is -0.489 e. The van der Waals surface area contributed by atoms with Crippen LogP contribution >= 0.6 is 24.0 Å². The summed E-state index contributed by atoms with van der Waals surface area (Å²) in [6.07, 6.45) is 1.77. The van der Waals surface area contributed by atoms with Crippen LogP contribution in [0.15, 0.2) is 71.6 Å². The quantitative estimate of drug-likeness (QED) is 0.349. The van der Waals surface area contributed by atoms with Gasteiger partial charge in [-0.2, -0.15) is 0 Å². The van der Waals surface area contributed by atoms with Crippen LogP contribution < -0.4 is 9.64 Å². The van der Waals surface area contributed by atoms with Crippen LogP contribution in [0.1, 0.15) is 32.6 Å². The van der Waals surface area contributed by atoms with E-state index in [9.17, 15) is 14.7 Å². The Bertz CT molecular complexity index is 1280. The SMILES string of the molecule is Cc1ccc(COc2cccc(C=C3SC(=S)N(c4cc(C(=O)O)ccc4C)C3=O)c2)cc1. The van der Waals surface area contributed by atoms with E-state index in [1.54, 1.807) is 12.1 Å². The molecular weight excluding hydrogens is 454 g/mol. The Morgan fingerprint density at radius 3 is 2.58 bits per heavy atom. The molecule has 0 spiro atoms. The van der Waals surface area contributed by atoms with E-state index in [2.05, 4.69) is 0 Å². The van der Waals surface area contributed by atoms with Gasteiger partial charge in [-0.3, -0.25) is 9.69 Å². The molecule has 0 unspecified atom stereocenters. The first-order valence-electron chi connectivity index (χ1n) is 10.2. The lowest BCUT2D eigenvalue weighted by molar-refractivity contribution is -0.113. The summed E-state index contributed by atoms with van der Waals surface area (Å²) in [5.41, 5.74) is 4.44. The molecule has 1 amide bonds. The highest BCUT2D eigenvalue weighted by atomic mass is 32.2. The molecule has 166 valence electrons. The zero-order valence-corrected chi connectivity index (χ0v) is 19.7. The number of rotatable bonds is 6. The standard InChI is InChI=1S/C26H21NO4S2/c1-16-6-9-18(10-7-16)15-31-21-5-3-4-19(12-21)13-23-24(28)27(26(32)33-23)22-14-20(25(29)30)11-8-17(22)2/h3-14H,15H2,1-2H3,(H,29,30). The molecule has 1 fully saturated rings. The van der Waals surface area contributed by atoms with Crippen LogP contribution in [0, 0.1) is 13.8 Å². The Kier molecular flexibility index (Phi) is 6.62. The highest BCUT2D eigenvalue weighted by Crippen LogP contribution is 2.38. The summed E-state index contributed by atoms with van der Waals surface area (Å²) in [7, 11) is 0. The lowest BCUT2D eigenvalue weighted by Gasteiger charge is -2.17. The number of nitrogens with zero attached hydrogens (tertiary/aromatic N) is 1. The molecule has 0 aliphatic carbocycles. The first-order chi connectivity index (χ1) is 15.8. The van der Waals surface area contributed by atoms with Crippen molar-refractivity contribution in [2.45, 2.75) is 20.5 Å². The summed E-state index contributed by atoms with van der Waals surface area (Å²) in [6, 6.07) is 20.3. The molecule has 3 aromatic carbocycles. The molecule has 1 aliphatic heterocycles. The van der Waals surface area contributed by atoms with Crippen LogP contribution in [0.2, 0.25) is 0 Å². The number of carboxylic acids is 1. The fourth-order valence-corrected chi connectivity index (χ4v) is 4.64. The number of hydrogen-bond donors (Lipinski definition) is 1. The predicted molar refractivity (Wildman–Crippen MR) is 136 cm³/mol. The summed E-state index contributed by atoms with van der Waals surface area (Å²) in [6.45, 7) is 4.31. The zero-order chi connectivity index (χ0) is 23.5. The van der Waals surface area contributed by atoms with Crippen molar-refractivity contribution < 1.29 is 19.4 Å². The number of carboxylic acid groups (broad SMARTS) is 1. The lowest BCUT2D eigenvalue weighted by Crippen LogP contribution is -2.28. The fourth-order valence-electron chi connectivity index (χ4n) is 3.36. The van der Waals surface area contributed by atoms with Crippen LogP contribution in [0.5, 0.6) is 5.75 Å². The molecule has 0 bridgehead atoms. The molecule has 0 saturated carbocycles. The number of carbonyl (C=O) groups excluding carboxylic acids is 1. The van der Waals surface area contributed by atoms with E-state index in [4.69, 9.17) is 17.0 Å². The van der Waals surface area contributed by atoms with Crippen molar-refractivity contribution in [1.82, 2.24) is 0 Å². The number of anilines is 1. The van der Waals surface area contributed by atoms with Gasteiger partial charge >= 0.3 is 5.97 Å². The van der Waals surface area contributed by atoms with Crippen molar-refractivity contribution in [3.8, 4) is 5.75 Å². The Morgan fingerprint density at radius 2 is 1.85 bits per heavy atom. The second kappa shape index (κ2) is 9.60. The number of carbonyl (C=O) groups is 2. The van der Waals surface area contributed by atoms with Gasteiger partial charge in [-0.25, -0.2) is 4.79 Å². The van der Waals surface area contributed by atoms with Gasteiger partial charge in [-0.1, -0.05) is 72.0 Å². The van der Waals surface area contributed by atoms with Gasteiger partial charge in [0.1, 0.15) is 12.4 Å². The second-order valence-corrected chi connectivity index (χ2v) is 9.35. The van der Waals surface area contributed by atoms with Gasteiger partial charge in [-0.05, 0) is 60.9 Å². The lowest BCUT2D eigenvalue weighted by atomic mass is 10.1. The first kappa shape index (κ1) is 22.8. The Balaban J connectivity index is 1.54. The van der Waals surface area contributed by atoms with E-state index in [1.165, 1.54) is 34.4 Å². The maximum atomic E-state index is 13.1. The minimum atomic E-state index is -1.06. The van der Waals surface area contributed by atoms with E-state index in [1.807, 2.05) is 62.4 Å². The largest absolute Gasteiger partial charge is 0.489 e. The van der Waals surface area contributed by atoms with Gasteiger partial charge < -0.3 is 9.84 Å². The monoisotopic (exact) mass is 475 g/mol. The van der Waals surface area contributed by atoms with Gasteiger partial charge in [0.15, 0.2) is 4.32 Å². The predicted octanol–water partition coefficient (Wildman–Crippen LogP) is 5.99. The van der Waals surface area contributed by atoms with E-state index < -0.39 is 5.97 Å². The molecule has 0 aromatic heterocycles. The maximum Gasteiger partial charge on any atom is 0.335 e. The van der Waals surface area contributed by atoms with Crippen LogP contribution in [-0.4, -0.2) is 21.3 Å².